The molecule has 1 aliphatic heterocycles. The largest absolute Gasteiger partial charge is 0.461 e. The van der Waals surface area contributed by atoms with Crippen molar-refractivity contribution in [1.29, 1.82) is 0 Å². The Kier molecular flexibility index (Phi) is 4.16. The van der Waals surface area contributed by atoms with Crippen molar-refractivity contribution in [3.63, 3.8) is 0 Å². The number of ketones is 1. The maximum Gasteiger partial charge on any atom is 0.334 e. The number of carbonyl (C=O) groups excluding carboxylic acids is 3. The third-order valence-corrected chi connectivity index (χ3v) is 5.82. The van der Waals surface area contributed by atoms with Crippen LogP contribution in [-0.4, -0.2) is 51.3 Å². The Balaban J connectivity index is 2.15. The van der Waals surface area contributed by atoms with Gasteiger partial charge in [0.25, 0.3) is 0 Å². The SMILES string of the molecule is C=C1C(=O)O[C@@H]2C3=C(C)C(=O)C[C@@]3(O)[C@](C)(O)C[C@@H](OC(=O)C(C)C)[C@@H]12. The quantitative estimate of drug-likeness (QED) is 0.551. The lowest BCUT2D eigenvalue weighted by molar-refractivity contribution is -0.166. The van der Waals surface area contributed by atoms with Crippen molar-refractivity contribution < 1.29 is 34.1 Å². The van der Waals surface area contributed by atoms with Crippen LogP contribution in [-0.2, 0) is 23.9 Å². The zero-order chi connectivity index (χ0) is 19.6. The maximum atomic E-state index is 12.3. The highest BCUT2D eigenvalue weighted by Crippen LogP contribution is 2.53. The van der Waals surface area contributed by atoms with Crippen LogP contribution in [0.4, 0.5) is 0 Å². The summed E-state index contributed by atoms with van der Waals surface area (Å²) in [6.45, 7) is 10.0. The van der Waals surface area contributed by atoms with Gasteiger partial charge in [-0.3, -0.25) is 9.59 Å². The van der Waals surface area contributed by atoms with Gasteiger partial charge in [-0.05, 0) is 19.4 Å². The Labute approximate surface area is 151 Å². The lowest BCUT2D eigenvalue weighted by atomic mass is 9.77. The van der Waals surface area contributed by atoms with Gasteiger partial charge in [-0.2, -0.15) is 0 Å². The second-order valence-electron chi connectivity index (χ2n) is 7.98. The predicted octanol–water partition coefficient (Wildman–Crippen LogP) is 0.827. The molecule has 0 spiro atoms. The number of fused-ring (bicyclic) bond motifs is 3. The molecule has 0 bridgehead atoms. The molecular weight excluding hydrogens is 340 g/mol. The van der Waals surface area contributed by atoms with E-state index in [1.165, 1.54) is 13.8 Å². The normalized spacial score (nSPS) is 39.7. The van der Waals surface area contributed by atoms with E-state index in [1.54, 1.807) is 13.8 Å². The minimum absolute atomic E-state index is 0.108. The van der Waals surface area contributed by atoms with E-state index in [1.807, 2.05) is 0 Å². The summed E-state index contributed by atoms with van der Waals surface area (Å²) in [4.78, 5) is 36.6. The molecule has 0 radical (unpaired) electrons. The summed E-state index contributed by atoms with van der Waals surface area (Å²) in [6.07, 6.45) is -2.36. The standard InChI is InChI=1S/C19H24O7/c1-8(2)16(21)25-12-7-18(5,23)19(24)6-11(20)9(3)14(19)15-13(12)10(4)17(22)26-15/h8,12-13,15,23-24H,4,6-7H2,1-3,5H3/t12-,13-,15+,18-,19+/m1/s1. The number of hydrogen-bond donors (Lipinski definition) is 2. The summed E-state index contributed by atoms with van der Waals surface area (Å²) in [5.74, 6) is -2.63. The number of aliphatic hydroxyl groups is 2. The number of ether oxygens (including phenoxy) is 2. The highest BCUT2D eigenvalue weighted by molar-refractivity contribution is 6.01. The first kappa shape index (κ1) is 18.8. The van der Waals surface area contributed by atoms with Crippen LogP contribution in [0.2, 0.25) is 0 Å². The Morgan fingerprint density at radius 3 is 2.54 bits per heavy atom. The summed E-state index contributed by atoms with van der Waals surface area (Å²) >= 11 is 0. The molecular formula is C19H24O7. The third-order valence-electron chi connectivity index (χ3n) is 5.82. The Morgan fingerprint density at radius 1 is 1.35 bits per heavy atom. The van der Waals surface area contributed by atoms with Gasteiger partial charge in [0.1, 0.15) is 17.8 Å². The van der Waals surface area contributed by atoms with Crippen LogP contribution < -0.4 is 0 Å². The molecule has 7 nitrogen and oxygen atoms in total. The number of esters is 2. The van der Waals surface area contributed by atoms with Crippen LogP contribution in [0, 0.1) is 11.8 Å². The summed E-state index contributed by atoms with van der Waals surface area (Å²) in [5.41, 5.74) is -3.08. The lowest BCUT2D eigenvalue weighted by Gasteiger charge is -2.39. The molecule has 0 unspecified atom stereocenters. The Bertz CT molecular complexity index is 745. The Morgan fingerprint density at radius 2 is 1.96 bits per heavy atom. The first-order valence-corrected chi connectivity index (χ1v) is 8.70. The molecule has 2 fully saturated rings. The minimum Gasteiger partial charge on any atom is -0.461 e. The summed E-state index contributed by atoms with van der Waals surface area (Å²) < 4.78 is 11.0. The predicted molar refractivity (Wildman–Crippen MR) is 89.7 cm³/mol. The van der Waals surface area contributed by atoms with Gasteiger partial charge < -0.3 is 19.7 Å². The molecule has 3 rings (SSSR count). The zero-order valence-electron chi connectivity index (χ0n) is 15.4. The van der Waals surface area contributed by atoms with Gasteiger partial charge in [-0.1, -0.05) is 20.4 Å². The number of rotatable bonds is 2. The lowest BCUT2D eigenvalue weighted by Crippen LogP contribution is -2.54. The fourth-order valence-corrected chi connectivity index (χ4v) is 4.18. The summed E-state index contributed by atoms with van der Waals surface area (Å²) in [7, 11) is 0. The van der Waals surface area contributed by atoms with Gasteiger partial charge in [0.05, 0.1) is 17.4 Å². The first-order valence-electron chi connectivity index (χ1n) is 8.70. The van der Waals surface area contributed by atoms with E-state index in [-0.39, 0.29) is 35.3 Å². The van der Waals surface area contributed by atoms with Crippen molar-refractivity contribution in [3.05, 3.63) is 23.3 Å². The first-order chi connectivity index (χ1) is 11.9. The fourth-order valence-electron chi connectivity index (χ4n) is 4.18. The van der Waals surface area contributed by atoms with Gasteiger partial charge in [0.15, 0.2) is 5.78 Å². The van der Waals surface area contributed by atoms with E-state index in [4.69, 9.17) is 9.47 Å². The van der Waals surface area contributed by atoms with Crippen LogP contribution in [0.15, 0.2) is 23.3 Å². The fraction of sp³-hybridized carbons (Fsp3) is 0.632. The topological polar surface area (TPSA) is 110 Å². The molecule has 0 amide bonds. The van der Waals surface area contributed by atoms with Crippen molar-refractivity contribution in [2.45, 2.75) is 63.9 Å². The maximum absolute atomic E-state index is 12.3. The molecule has 5 atom stereocenters. The summed E-state index contributed by atoms with van der Waals surface area (Å²) in [5, 5.41) is 22.3. The number of hydrogen-bond acceptors (Lipinski definition) is 7. The van der Waals surface area contributed by atoms with Crippen molar-refractivity contribution in [2.75, 3.05) is 0 Å². The number of Topliss-reactive ketones (excluding diaryl/α,β-unsaturated/α-hetero) is 1. The molecule has 2 aliphatic carbocycles. The molecule has 0 aromatic heterocycles. The molecule has 1 heterocycles. The van der Waals surface area contributed by atoms with Crippen LogP contribution in [0.3, 0.4) is 0 Å². The third kappa shape index (κ3) is 2.45. The number of carbonyl (C=O) groups is 3. The molecule has 1 saturated carbocycles. The van der Waals surface area contributed by atoms with Crippen LogP contribution in [0.1, 0.15) is 40.5 Å². The second kappa shape index (κ2) is 5.76. The number of allylic oxidation sites excluding steroid dienone is 1. The van der Waals surface area contributed by atoms with Gasteiger partial charge in [0, 0.05) is 24.0 Å². The average Bonchev–Trinajstić information content (AvgIpc) is 2.90. The van der Waals surface area contributed by atoms with Crippen LogP contribution >= 0.6 is 0 Å². The molecule has 0 aromatic rings. The monoisotopic (exact) mass is 364 g/mol. The minimum atomic E-state index is -1.89. The van der Waals surface area contributed by atoms with E-state index < -0.39 is 47.2 Å². The molecule has 26 heavy (non-hydrogen) atoms. The van der Waals surface area contributed by atoms with Crippen LogP contribution in [0.25, 0.3) is 0 Å². The van der Waals surface area contributed by atoms with E-state index in [9.17, 15) is 24.6 Å². The molecule has 3 aliphatic rings. The smallest absolute Gasteiger partial charge is 0.334 e. The molecule has 142 valence electrons. The molecule has 7 heteroatoms. The molecule has 0 aromatic carbocycles. The van der Waals surface area contributed by atoms with E-state index in [0.29, 0.717) is 0 Å². The summed E-state index contributed by atoms with van der Waals surface area (Å²) in [6, 6.07) is 0. The van der Waals surface area contributed by atoms with Crippen LogP contribution in [0.5, 0.6) is 0 Å². The Hall–Kier alpha value is -1.99. The van der Waals surface area contributed by atoms with Gasteiger partial charge in [0.2, 0.25) is 0 Å². The van der Waals surface area contributed by atoms with Gasteiger partial charge in [-0.15, -0.1) is 0 Å². The highest BCUT2D eigenvalue weighted by Gasteiger charge is 2.65. The van der Waals surface area contributed by atoms with Crippen molar-refractivity contribution in [1.82, 2.24) is 0 Å². The van der Waals surface area contributed by atoms with Crippen molar-refractivity contribution >= 4 is 17.7 Å². The molecule has 2 N–H and O–H groups in total. The highest BCUT2D eigenvalue weighted by atomic mass is 16.6. The van der Waals surface area contributed by atoms with Gasteiger partial charge >= 0.3 is 11.9 Å². The zero-order valence-corrected chi connectivity index (χ0v) is 15.4. The van der Waals surface area contributed by atoms with E-state index in [2.05, 4.69) is 6.58 Å². The molecule has 1 saturated heterocycles. The van der Waals surface area contributed by atoms with Crippen molar-refractivity contribution in [2.24, 2.45) is 11.8 Å². The van der Waals surface area contributed by atoms with Crippen molar-refractivity contribution in [3.8, 4) is 0 Å². The second-order valence-corrected chi connectivity index (χ2v) is 7.98. The average molecular weight is 364 g/mol. The van der Waals surface area contributed by atoms with E-state index in [0.717, 1.165) is 0 Å². The van der Waals surface area contributed by atoms with E-state index >= 15 is 0 Å². The van der Waals surface area contributed by atoms with Gasteiger partial charge in [-0.25, -0.2) is 4.79 Å².